The lowest BCUT2D eigenvalue weighted by Gasteiger charge is -2.20. The van der Waals surface area contributed by atoms with Crippen molar-refractivity contribution in [3.8, 4) is 0 Å². The molecule has 1 unspecified atom stereocenters. The summed E-state index contributed by atoms with van der Waals surface area (Å²) >= 11 is 5.65. The molecule has 9 heteroatoms. The Morgan fingerprint density at radius 1 is 1.32 bits per heavy atom. The van der Waals surface area contributed by atoms with Gasteiger partial charge in [0.2, 0.25) is 5.29 Å². The van der Waals surface area contributed by atoms with Crippen molar-refractivity contribution in [2.75, 3.05) is 10.6 Å². The van der Waals surface area contributed by atoms with Crippen LogP contribution in [0.25, 0.3) is 0 Å². The van der Waals surface area contributed by atoms with E-state index in [1.165, 1.54) is 32.0 Å². The molecule has 1 aromatic rings. The van der Waals surface area contributed by atoms with E-state index in [1.54, 1.807) is 20.8 Å². The van der Waals surface area contributed by atoms with E-state index >= 15 is 0 Å². The van der Waals surface area contributed by atoms with E-state index in [2.05, 4.69) is 20.6 Å². The number of ether oxygens (including phenoxy) is 1. The second-order valence-corrected chi connectivity index (χ2v) is 6.45. The number of rotatable bonds is 3. The number of nitrogens with one attached hydrogen (secondary N) is 2. The van der Waals surface area contributed by atoms with Crippen molar-refractivity contribution in [3.05, 3.63) is 24.0 Å². The van der Waals surface area contributed by atoms with Gasteiger partial charge in [-0.25, -0.2) is 23.6 Å². The van der Waals surface area contributed by atoms with Gasteiger partial charge in [-0.05, 0) is 64.4 Å². The van der Waals surface area contributed by atoms with Crippen molar-refractivity contribution in [2.24, 2.45) is 9.98 Å². The van der Waals surface area contributed by atoms with Gasteiger partial charge in [-0.15, -0.1) is 0 Å². The molecule has 1 amide bonds. The van der Waals surface area contributed by atoms with Crippen molar-refractivity contribution in [3.63, 3.8) is 0 Å². The van der Waals surface area contributed by atoms with Crippen molar-refractivity contribution < 1.29 is 18.3 Å². The lowest BCUT2D eigenvalue weighted by molar-refractivity contribution is 0.0636. The van der Waals surface area contributed by atoms with Crippen LogP contribution in [0.15, 0.2) is 28.2 Å². The van der Waals surface area contributed by atoms with Gasteiger partial charge in [0.1, 0.15) is 17.3 Å². The van der Waals surface area contributed by atoms with Crippen LogP contribution in [0.2, 0.25) is 0 Å². The standard InChI is InChI=1S/C16H21ClF2N4O2/c1-9(18)20-14(17)22-10(2)21-13-8-11(6-7-12(13)19)23-15(24)25-16(3,4)5/h6-9H,1-5H3,(H,23,24)(H,20,21,22). The average Bonchev–Trinajstić information content (AvgIpc) is 2.39. The van der Waals surface area contributed by atoms with Crippen LogP contribution >= 0.6 is 11.6 Å². The molecule has 0 radical (unpaired) electrons. The molecular formula is C16H21ClF2N4O2. The first-order valence-electron chi connectivity index (χ1n) is 7.45. The highest BCUT2D eigenvalue weighted by molar-refractivity contribution is 6.65. The van der Waals surface area contributed by atoms with Gasteiger partial charge in [0.05, 0.1) is 5.69 Å². The molecule has 0 fully saturated rings. The molecule has 2 N–H and O–H groups in total. The molecule has 0 aliphatic carbocycles. The first-order chi connectivity index (χ1) is 11.5. The number of hydrogen-bond donors (Lipinski definition) is 2. The second-order valence-electron chi connectivity index (χ2n) is 6.12. The van der Waals surface area contributed by atoms with Crippen molar-refractivity contribution in [1.82, 2.24) is 0 Å². The lowest BCUT2D eigenvalue weighted by Crippen LogP contribution is -2.27. The maximum atomic E-state index is 13.9. The smallest absolute Gasteiger partial charge is 0.412 e. The Morgan fingerprint density at radius 2 is 1.96 bits per heavy atom. The van der Waals surface area contributed by atoms with Gasteiger partial charge in [0, 0.05) is 5.69 Å². The summed E-state index contributed by atoms with van der Waals surface area (Å²) in [5.41, 5.74) is -0.284. The van der Waals surface area contributed by atoms with Crippen LogP contribution in [-0.4, -0.2) is 29.1 Å². The zero-order valence-electron chi connectivity index (χ0n) is 14.7. The van der Waals surface area contributed by atoms with Crippen molar-refractivity contribution in [2.45, 2.75) is 46.5 Å². The number of carbonyl (C=O) groups excluding carboxylic acids is 1. The minimum absolute atomic E-state index is 0.0487. The van der Waals surface area contributed by atoms with Crippen LogP contribution in [-0.2, 0) is 4.74 Å². The topological polar surface area (TPSA) is 75.1 Å². The predicted octanol–water partition coefficient (Wildman–Crippen LogP) is 4.91. The predicted molar refractivity (Wildman–Crippen MR) is 96.8 cm³/mol. The van der Waals surface area contributed by atoms with Crippen LogP contribution in [0.4, 0.5) is 25.0 Å². The Balaban J connectivity index is 2.88. The van der Waals surface area contributed by atoms with Gasteiger partial charge in [0.25, 0.3) is 0 Å². The van der Waals surface area contributed by atoms with E-state index in [4.69, 9.17) is 16.3 Å². The highest BCUT2D eigenvalue weighted by atomic mass is 35.5. The third kappa shape index (κ3) is 8.44. The number of nitrogens with zero attached hydrogens (tertiary/aromatic N) is 2. The summed E-state index contributed by atoms with van der Waals surface area (Å²) in [5.74, 6) is -0.376. The number of amides is 1. The Bertz CT molecular complexity index is 685. The molecule has 1 atom stereocenters. The molecular weight excluding hydrogens is 354 g/mol. The number of benzene rings is 1. The van der Waals surface area contributed by atoms with E-state index in [0.717, 1.165) is 0 Å². The zero-order valence-corrected chi connectivity index (χ0v) is 15.4. The van der Waals surface area contributed by atoms with Gasteiger partial charge in [-0.1, -0.05) is 0 Å². The fraction of sp³-hybridized carbons (Fsp3) is 0.438. The normalized spacial score (nSPS) is 14.1. The largest absolute Gasteiger partial charge is 0.444 e. The highest BCUT2D eigenvalue weighted by Gasteiger charge is 2.16. The van der Waals surface area contributed by atoms with Crippen LogP contribution in [0, 0.1) is 5.82 Å². The van der Waals surface area contributed by atoms with Crippen LogP contribution in [0.1, 0.15) is 34.6 Å². The van der Waals surface area contributed by atoms with Gasteiger partial charge in [-0.3, -0.25) is 5.32 Å². The Morgan fingerprint density at radius 3 is 2.52 bits per heavy atom. The van der Waals surface area contributed by atoms with Crippen LogP contribution in [0.3, 0.4) is 0 Å². The third-order valence-corrected chi connectivity index (χ3v) is 2.65. The van der Waals surface area contributed by atoms with E-state index in [0.29, 0.717) is 5.69 Å². The van der Waals surface area contributed by atoms with Gasteiger partial charge >= 0.3 is 6.09 Å². The highest BCUT2D eigenvalue weighted by Crippen LogP contribution is 2.20. The second kappa shape index (κ2) is 8.75. The molecule has 0 saturated carbocycles. The quantitative estimate of drug-likeness (QED) is 0.448. The zero-order chi connectivity index (χ0) is 19.2. The average molecular weight is 375 g/mol. The van der Waals surface area contributed by atoms with E-state index in [1.807, 2.05) is 0 Å². The fourth-order valence-corrected chi connectivity index (χ4v) is 1.92. The monoisotopic (exact) mass is 374 g/mol. The summed E-state index contributed by atoms with van der Waals surface area (Å²) in [6, 6.07) is 3.92. The minimum atomic E-state index is -1.50. The molecule has 0 spiro atoms. The number of hydrogen-bond acceptors (Lipinski definition) is 3. The molecule has 25 heavy (non-hydrogen) atoms. The van der Waals surface area contributed by atoms with E-state index in [9.17, 15) is 13.6 Å². The fourth-order valence-electron chi connectivity index (χ4n) is 1.66. The number of amidine groups is 2. The number of carbonyl (C=O) groups is 1. The van der Waals surface area contributed by atoms with E-state index < -0.39 is 23.8 Å². The number of halogens is 3. The van der Waals surface area contributed by atoms with Crippen molar-refractivity contribution >= 4 is 40.2 Å². The van der Waals surface area contributed by atoms with Gasteiger partial charge in [-0.2, -0.15) is 0 Å². The maximum absolute atomic E-state index is 13.9. The van der Waals surface area contributed by atoms with Crippen LogP contribution in [0.5, 0.6) is 0 Å². The Hall–Kier alpha value is -2.22. The first kappa shape index (κ1) is 20.8. The Kier molecular flexibility index (Phi) is 7.29. The molecule has 0 aliphatic rings. The summed E-state index contributed by atoms with van der Waals surface area (Å²) < 4.78 is 31.7. The van der Waals surface area contributed by atoms with Gasteiger partial charge in [0.15, 0.2) is 6.30 Å². The first-order valence-corrected chi connectivity index (χ1v) is 7.83. The van der Waals surface area contributed by atoms with E-state index in [-0.39, 0.29) is 16.8 Å². The third-order valence-electron chi connectivity index (χ3n) is 2.47. The molecule has 1 aromatic carbocycles. The summed E-state index contributed by atoms with van der Waals surface area (Å²) in [4.78, 5) is 18.9. The number of aliphatic imine (C=N–C) groups is 2. The summed E-state index contributed by atoms with van der Waals surface area (Å²) in [6.45, 7) is 7.90. The molecule has 0 bridgehead atoms. The molecule has 0 saturated heterocycles. The molecule has 6 nitrogen and oxygen atoms in total. The summed E-state index contributed by atoms with van der Waals surface area (Å²) in [7, 11) is 0. The Labute approximate surface area is 150 Å². The number of anilines is 2. The maximum Gasteiger partial charge on any atom is 0.412 e. The molecule has 138 valence electrons. The number of alkyl halides is 1. The SMILES string of the molecule is C/C(=N\C(Cl)=N/C(C)F)Nc1cc(NC(=O)OC(C)(C)C)ccc1F. The summed E-state index contributed by atoms with van der Waals surface area (Å²) in [6.07, 6.45) is -2.16. The van der Waals surface area contributed by atoms with Gasteiger partial charge < -0.3 is 10.1 Å². The molecule has 0 heterocycles. The van der Waals surface area contributed by atoms with Crippen molar-refractivity contribution in [1.29, 1.82) is 0 Å². The molecule has 1 rings (SSSR count). The minimum Gasteiger partial charge on any atom is -0.444 e. The molecule has 0 aliphatic heterocycles. The molecule has 0 aromatic heterocycles. The summed E-state index contributed by atoms with van der Waals surface area (Å²) in [5, 5.41) is 4.87. The van der Waals surface area contributed by atoms with Crippen LogP contribution < -0.4 is 10.6 Å². The lowest BCUT2D eigenvalue weighted by atomic mass is 10.2.